The maximum atomic E-state index is 12.4. The van der Waals surface area contributed by atoms with E-state index in [0.29, 0.717) is 12.1 Å². The predicted octanol–water partition coefficient (Wildman–Crippen LogP) is 2.71. The van der Waals surface area contributed by atoms with Gasteiger partial charge in [-0.3, -0.25) is 9.78 Å². The Morgan fingerprint density at radius 3 is 2.36 bits per heavy atom. The van der Waals surface area contributed by atoms with Gasteiger partial charge >= 0.3 is 0 Å². The highest BCUT2D eigenvalue weighted by Gasteiger charge is 2.22. The first kappa shape index (κ1) is 21.1. The van der Waals surface area contributed by atoms with Crippen molar-refractivity contribution in [2.75, 3.05) is 36.8 Å². The number of rotatable bonds is 3. The van der Waals surface area contributed by atoms with Gasteiger partial charge in [-0.1, -0.05) is 18.2 Å². The van der Waals surface area contributed by atoms with Gasteiger partial charge in [0.1, 0.15) is 0 Å². The number of hydrogen-bond acceptors (Lipinski definition) is 4. The Balaban J connectivity index is 0.00000156. The van der Waals surface area contributed by atoms with Crippen LogP contribution in [0.15, 0.2) is 42.6 Å². The number of benzene rings is 1. The average Bonchev–Trinajstić information content (AvgIpc) is 2.57. The number of amides is 1. The number of carbonyl (C=O) groups is 1. The van der Waals surface area contributed by atoms with Crippen molar-refractivity contribution < 1.29 is 4.79 Å². The van der Waals surface area contributed by atoms with Gasteiger partial charge in [0.2, 0.25) is 5.91 Å². The first-order valence-corrected chi connectivity index (χ1v) is 7.92. The first-order valence-electron chi connectivity index (χ1n) is 7.92. The molecule has 2 N–H and O–H groups in total. The normalized spacial score (nSPS) is 13.6. The Hall–Kier alpha value is -1.98. The Bertz CT molecular complexity index is 686. The Morgan fingerprint density at radius 2 is 1.76 bits per heavy atom. The van der Waals surface area contributed by atoms with Crippen molar-refractivity contribution in [2.45, 2.75) is 13.3 Å². The molecule has 3 rings (SSSR count). The molecule has 0 bridgehead atoms. The quantitative estimate of drug-likeness (QED) is 0.886. The highest BCUT2D eigenvalue weighted by atomic mass is 35.5. The van der Waals surface area contributed by atoms with Crippen molar-refractivity contribution in [1.29, 1.82) is 0 Å². The highest BCUT2D eigenvalue weighted by molar-refractivity contribution is 5.85. The second-order valence-electron chi connectivity index (χ2n) is 5.91. The highest BCUT2D eigenvalue weighted by Crippen LogP contribution is 2.21. The molecule has 2 aromatic rings. The van der Waals surface area contributed by atoms with Crippen LogP contribution in [-0.4, -0.2) is 42.0 Å². The van der Waals surface area contributed by atoms with Crippen molar-refractivity contribution >= 4 is 42.1 Å². The van der Waals surface area contributed by atoms with Crippen molar-refractivity contribution in [3.05, 3.63) is 53.9 Å². The van der Waals surface area contributed by atoms with E-state index in [1.807, 2.05) is 11.0 Å². The van der Waals surface area contributed by atoms with E-state index in [9.17, 15) is 4.79 Å². The predicted molar refractivity (Wildman–Crippen MR) is 107 cm³/mol. The number of aryl methyl sites for hydroxylation is 1. The van der Waals surface area contributed by atoms with Crippen LogP contribution >= 0.6 is 24.8 Å². The molecule has 2 heterocycles. The molecule has 1 aromatic heterocycles. The Labute approximate surface area is 161 Å². The summed E-state index contributed by atoms with van der Waals surface area (Å²) in [5.74, 6) is 0.131. The average molecular weight is 383 g/mol. The molecule has 0 unspecified atom stereocenters. The van der Waals surface area contributed by atoms with Crippen molar-refractivity contribution in [3.8, 4) is 0 Å². The van der Waals surface area contributed by atoms with E-state index in [0.717, 1.165) is 31.9 Å². The van der Waals surface area contributed by atoms with Gasteiger partial charge in [-0.2, -0.15) is 0 Å². The van der Waals surface area contributed by atoms with E-state index < -0.39 is 0 Å². The number of nitrogens with two attached hydrogens (primary N) is 1. The van der Waals surface area contributed by atoms with Crippen molar-refractivity contribution in [3.63, 3.8) is 0 Å². The summed E-state index contributed by atoms with van der Waals surface area (Å²) in [4.78, 5) is 20.9. The van der Waals surface area contributed by atoms with Crippen LogP contribution in [0.5, 0.6) is 0 Å². The standard InChI is InChI=1S/C18H22N4O.2ClH/c1-14-4-2-3-5-17(14)21-8-10-22(11-9-21)18(23)12-16-7-6-15(19)13-20-16;;/h2-7,13H,8-12,19H2,1H3;2*1H. The third kappa shape index (κ3) is 5.25. The van der Waals surface area contributed by atoms with Gasteiger partial charge in [0, 0.05) is 37.6 Å². The third-order valence-electron chi connectivity index (χ3n) is 4.27. The van der Waals surface area contributed by atoms with Crippen LogP contribution in [0.4, 0.5) is 11.4 Å². The minimum absolute atomic E-state index is 0. The molecule has 136 valence electrons. The summed E-state index contributed by atoms with van der Waals surface area (Å²) in [6.45, 7) is 5.36. The van der Waals surface area contributed by atoms with Crippen LogP contribution in [0.3, 0.4) is 0 Å². The van der Waals surface area contributed by atoms with Crippen molar-refractivity contribution in [2.24, 2.45) is 0 Å². The minimum atomic E-state index is 0. The molecule has 25 heavy (non-hydrogen) atoms. The second kappa shape index (κ2) is 9.49. The van der Waals surface area contributed by atoms with Crippen LogP contribution < -0.4 is 10.6 Å². The molecule has 1 fully saturated rings. The third-order valence-corrected chi connectivity index (χ3v) is 4.27. The molecule has 0 saturated carbocycles. The largest absolute Gasteiger partial charge is 0.397 e. The zero-order valence-electron chi connectivity index (χ0n) is 14.2. The molecule has 1 aromatic carbocycles. The number of aromatic nitrogens is 1. The monoisotopic (exact) mass is 382 g/mol. The van der Waals surface area contributed by atoms with E-state index in [-0.39, 0.29) is 30.7 Å². The summed E-state index contributed by atoms with van der Waals surface area (Å²) in [7, 11) is 0. The van der Waals surface area contributed by atoms with Crippen molar-refractivity contribution in [1.82, 2.24) is 9.88 Å². The SMILES string of the molecule is Cc1ccccc1N1CCN(C(=O)Cc2ccc(N)cn2)CC1.Cl.Cl. The fourth-order valence-electron chi connectivity index (χ4n) is 2.92. The summed E-state index contributed by atoms with van der Waals surface area (Å²) in [6.07, 6.45) is 1.93. The number of anilines is 2. The number of carbonyl (C=O) groups excluding carboxylic acids is 1. The van der Waals surface area contributed by atoms with Gasteiger partial charge in [0.05, 0.1) is 18.3 Å². The number of halogens is 2. The van der Waals surface area contributed by atoms with Gasteiger partial charge in [-0.25, -0.2) is 0 Å². The molecular weight excluding hydrogens is 359 g/mol. The summed E-state index contributed by atoms with van der Waals surface area (Å²) >= 11 is 0. The fourth-order valence-corrected chi connectivity index (χ4v) is 2.92. The summed E-state index contributed by atoms with van der Waals surface area (Å²) < 4.78 is 0. The molecule has 0 spiro atoms. The van der Waals surface area contributed by atoms with E-state index in [1.165, 1.54) is 11.3 Å². The lowest BCUT2D eigenvalue weighted by Gasteiger charge is -2.36. The molecule has 0 radical (unpaired) electrons. The Kier molecular flexibility index (Phi) is 8.00. The molecule has 5 nitrogen and oxygen atoms in total. The van der Waals surface area contributed by atoms with E-state index in [4.69, 9.17) is 5.73 Å². The minimum Gasteiger partial charge on any atom is -0.397 e. The number of nitrogens with zero attached hydrogens (tertiary/aromatic N) is 3. The van der Waals surface area contributed by atoms with Crippen LogP contribution in [0.2, 0.25) is 0 Å². The summed E-state index contributed by atoms with van der Waals surface area (Å²) in [5, 5.41) is 0. The Morgan fingerprint density at radius 1 is 1.08 bits per heavy atom. The van der Waals surface area contributed by atoms with Gasteiger partial charge in [0.25, 0.3) is 0 Å². The number of hydrogen-bond donors (Lipinski definition) is 1. The lowest BCUT2D eigenvalue weighted by atomic mass is 10.1. The molecule has 7 heteroatoms. The second-order valence-corrected chi connectivity index (χ2v) is 5.91. The van der Waals surface area contributed by atoms with Crippen LogP contribution in [0.1, 0.15) is 11.3 Å². The molecule has 1 amide bonds. The number of para-hydroxylation sites is 1. The zero-order valence-corrected chi connectivity index (χ0v) is 15.9. The van der Waals surface area contributed by atoms with Crippen LogP contribution in [0.25, 0.3) is 0 Å². The van der Waals surface area contributed by atoms with Gasteiger partial charge in [0.15, 0.2) is 0 Å². The maximum Gasteiger partial charge on any atom is 0.228 e. The van der Waals surface area contributed by atoms with E-state index in [2.05, 4.69) is 41.1 Å². The number of nitrogen functional groups attached to an aromatic ring is 1. The van der Waals surface area contributed by atoms with Crippen LogP contribution in [0, 0.1) is 6.92 Å². The van der Waals surface area contributed by atoms with E-state index in [1.54, 1.807) is 12.3 Å². The zero-order chi connectivity index (χ0) is 16.2. The maximum absolute atomic E-state index is 12.4. The molecule has 1 saturated heterocycles. The summed E-state index contributed by atoms with van der Waals surface area (Å²) in [5.41, 5.74) is 9.55. The molecular formula is C18H24Cl2N4O. The van der Waals surface area contributed by atoms with Gasteiger partial charge in [-0.15, -0.1) is 24.8 Å². The fraction of sp³-hybridized carbons (Fsp3) is 0.333. The number of piperazine rings is 1. The lowest BCUT2D eigenvalue weighted by molar-refractivity contribution is -0.130. The van der Waals surface area contributed by atoms with E-state index >= 15 is 0 Å². The topological polar surface area (TPSA) is 62.5 Å². The lowest BCUT2D eigenvalue weighted by Crippen LogP contribution is -2.49. The first-order chi connectivity index (χ1) is 11.1. The smallest absolute Gasteiger partial charge is 0.228 e. The van der Waals surface area contributed by atoms with Gasteiger partial charge in [-0.05, 0) is 30.7 Å². The molecule has 1 aliphatic heterocycles. The van der Waals surface area contributed by atoms with Gasteiger partial charge < -0.3 is 15.5 Å². The molecule has 0 aliphatic carbocycles. The summed E-state index contributed by atoms with van der Waals surface area (Å²) in [6, 6.07) is 12.0. The van der Waals surface area contributed by atoms with Crippen LogP contribution in [-0.2, 0) is 11.2 Å². The number of pyridine rings is 1. The molecule has 0 atom stereocenters. The molecule has 1 aliphatic rings.